The molecule has 9 heteroatoms. The lowest BCUT2D eigenvalue weighted by atomic mass is 10.1. The van der Waals surface area contributed by atoms with E-state index in [1.54, 1.807) is 0 Å². The third kappa shape index (κ3) is 11.0. The van der Waals surface area contributed by atoms with Gasteiger partial charge in [-0.1, -0.05) is 126 Å². The summed E-state index contributed by atoms with van der Waals surface area (Å²) in [5.41, 5.74) is 21.6. The molecule has 0 aromatic heterocycles. The van der Waals surface area contributed by atoms with Crippen molar-refractivity contribution in [3.05, 3.63) is 160 Å². The van der Waals surface area contributed by atoms with E-state index >= 15 is 0 Å². The third-order valence-electron chi connectivity index (χ3n) is 5.97. The summed E-state index contributed by atoms with van der Waals surface area (Å²) in [5, 5.41) is 9.14. The fourth-order valence-corrected chi connectivity index (χ4v) is 3.82. The second kappa shape index (κ2) is 17.2. The van der Waals surface area contributed by atoms with E-state index in [1.165, 1.54) is 0 Å². The molecule has 2 amide bonds. The van der Waals surface area contributed by atoms with Crippen LogP contribution in [-0.2, 0) is 35.5 Å². The van der Waals surface area contributed by atoms with Gasteiger partial charge in [0, 0.05) is 18.0 Å². The van der Waals surface area contributed by atoms with E-state index in [-0.39, 0.29) is 17.5 Å². The van der Waals surface area contributed by atoms with Crippen LogP contribution in [0.3, 0.4) is 0 Å². The van der Waals surface area contributed by atoms with Crippen molar-refractivity contribution < 1.29 is 14.4 Å². The second-order valence-corrected chi connectivity index (χ2v) is 8.99. The number of amides is 2. The molecule has 0 radical (unpaired) electrons. The van der Waals surface area contributed by atoms with Crippen molar-refractivity contribution >= 4 is 17.5 Å². The zero-order chi connectivity index (χ0) is 29.1. The quantitative estimate of drug-likeness (QED) is 0.112. The molecule has 4 rings (SSSR count). The highest BCUT2D eigenvalue weighted by molar-refractivity contribution is 6.36. The fraction of sp³-hybridized carbons (Fsp3) is 0.156. The van der Waals surface area contributed by atoms with E-state index in [9.17, 15) is 9.59 Å². The van der Waals surface area contributed by atoms with E-state index in [0.29, 0.717) is 25.9 Å². The van der Waals surface area contributed by atoms with Crippen LogP contribution in [0.2, 0.25) is 0 Å². The maximum Gasteiger partial charge on any atom is 0.360 e. The zero-order valence-corrected chi connectivity index (χ0v) is 22.5. The van der Waals surface area contributed by atoms with Gasteiger partial charge in [-0.3, -0.25) is 9.59 Å². The number of rotatable bonds is 11. The van der Waals surface area contributed by atoms with Gasteiger partial charge in [-0.05, 0) is 34.2 Å². The highest BCUT2D eigenvalue weighted by Crippen LogP contribution is 2.07. The monoisotopic (exact) mass is 545 g/mol. The topological polar surface area (TPSA) is 143 Å². The van der Waals surface area contributed by atoms with E-state index in [4.69, 9.17) is 11.1 Å². The van der Waals surface area contributed by atoms with Crippen LogP contribution >= 0.6 is 0 Å². The highest BCUT2D eigenvalue weighted by Gasteiger charge is 2.20. The minimum Gasteiger partial charge on any atom is -0.361 e. The Morgan fingerprint density at radius 1 is 0.634 bits per heavy atom. The van der Waals surface area contributed by atoms with Crippen molar-refractivity contribution in [3.63, 3.8) is 0 Å². The second-order valence-electron chi connectivity index (χ2n) is 8.99. The molecular formula is C32H31N7O2. The molecule has 1 atom stereocenters. The third-order valence-corrected chi connectivity index (χ3v) is 5.97. The van der Waals surface area contributed by atoms with Crippen LogP contribution in [-0.4, -0.2) is 28.4 Å². The standard InChI is InChI=1S/C16H16N4O.C16H15N3O/c17-20-19-15(11-13-7-3-1-4-8-13)16(21)18-12-14-9-5-2-6-10-14;17-19-15(11-13-7-3-1-4-8-13)16(20)18-12-14-9-5-2-6-10-14/h1-10,15H,11-12H2,(H,18,21);1-10H,11-12H2,(H,18,20)/t15-;/m0./s1. The number of carbonyl (C=O) groups excluding carboxylic acids is 2. The molecule has 0 fully saturated rings. The van der Waals surface area contributed by atoms with Crippen LogP contribution < -0.4 is 10.6 Å². The van der Waals surface area contributed by atoms with Crippen molar-refractivity contribution in [2.24, 2.45) is 5.11 Å². The lowest BCUT2D eigenvalue weighted by Gasteiger charge is -2.12. The van der Waals surface area contributed by atoms with Gasteiger partial charge >= 0.3 is 11.6 Å². The summed E-state index contributed by atoms with van der Waals surface area (Å²) in [6.07, 6.45) is 0.698. The highest BCUT2D eigenvalue weighted by atomic mass is 16.2. The van der Waals surface area contributed by atoms with Crippen molar-refractivity contribution in [2.45, 2.75) is 32.0 Å². The first-order valence-corrected chi connectivity index (χ1v) is 13.1. The van der Waals surface area contributed by atoms with Crippen LogP contribution in [0, 0.1) is 0 Å². The molecule has 0 saturated carbocycles. The van der Waals surface area contributed by atoms with Crippen molar-refractivity contribution in [3.8, 4) is 0 Å². The summed E-state index contributed by atoms with van der Waals surface area (Å²) >= 11 is 0. The molecule has 0 aliphatic rings. The summed E-state index contributed by atoms with van der Waals surface area (Å²) in [4.78, 5) is 30.0. The number of azide groups is 1. The van der Waals surface area contributed by atoms with Gasteiger partial charge in [0.15, 0.2) is 0 Å². The predicted molar refractivity (Wildman–Crippen MR) is 158 cm³/mol. The number of hydrogen-bond donors (Lipinski definition) is 2. The Kier molecular flexibility index (Phi) is 12.6. The van der Waals surface area contributed by atoms with Gasteiger partial charge in [-0.2, -0.15) is 4.79 Å². The Morgan fingerprint density at radius 2 is 1.07 bits per heavy atom. The molecular weight excluding hydrogens is 514 g/mol. The molecule has 0 spiro atoms. The predicted octanol–water partition coefficient (Wildman–Crippen LogP) is 5.44. The van der Waals surface area contributed by atoms with Crippen molar-refractivity contribution in [2.75, 3.05) is 0 Å². The Bertz CT molecular complexity index is 1470. The zero-order valence-electron chi connectivity index (χ0n) is 22.5. The molecule has 0 heterocycles. The Labute approximate surface area is 239 Å². The maximum absolute atomic E-state index is 12.1. The minimum atomic E-state index is -0.735. The summed E-state index contributed by atoms with van der Waals surface area (Å²) < 4.78 is 0. The van der Waals surface area contributed by atoms with Crippen molar-refractivity contribution in [1.29, 1.82) is 0 Å². The number of nitrogens with one attached hydrogen (secondary N) is 2. The first-order chi connectivity index (χ1) is 20.1. The molecule has 41 heavy (non-hydrogen) atoms. The van der Waals surface area contributed by atoms with Gasteiger partial charge in [0.2, 0.25) is 5.91 Å². The van der Waals surface area contributed by atoms with Gasteiger partial charge in [-0.25, -0.2) is 0 Å². The molecule has 4 aromatic carbocycles. The van der Waals surface area contributed by atoms with E-state index < -0.39 is 6.04 Å². The van der Waals surface area contributed by atoms with E-state index in [0.717, 1.165) is 22.3 Å². The molecule has 0 aliphatic carbocycles. The molecule has 0 bridgehead atoms. The summed E-state index contributed by atoms with van der Waals surface area (Å²) in [7, 11) is 0. The molecule has 0 unspecified atom stereocenters. The molecule has 2 N–H and O–H groups in total. The van der Waals surface area contributed by atoms with Gasteiger partial charge < -0.3 is 16.2 Å². The number of nitrogens with zero attached hydrogens (tertiary/aromatic N) is 5. The maximum atomic E-state index is 12.1. The van der Waals surface area contributed by atoms with E-state index in [1.807, 2.05) is 121 Å². The number of benzene rings is 4. The normalized spacial score (nSPS) is 10.4. The first-order valence-electron chi connectivity index (χ1n) is 13.1. The number of hydrogen-bond acceptors (Lipinski definition) is 3. The SMILES string of the molecule is [N-]=[N+]=C(Cc1ccccc1)C(=O)NCc1ccccc1.[N-]=[N+]=N[C@@H](Cc1ccccc1)C(=O)NCc1ccccc1. The molecule has 4 aromatic rings. The number of carbonyl (C=O) groups is 2. The minimum absolute atomic E-state index is 0.104. The van der Waals surface area contributed by atoms with Gasteiger partial charge in [-0.15, -0.1) is 0 Å². The first kappa shape index (κ1) is 30.1. The average molecular weight is 546 g/mol. The average Bonchev–Trinajstić information content (AvgIpc) is 3.03. The van der Waals surface area contributed by atoms with Gasteiger partial charge in [0.05, 0.1) is 6.42 Å². The lowest BCUT2D eigenvalue weighted by molar-refractivity contribution is -0.122. The molecule has 0 aliphatic heterocycles. The van der Waals surface area contributed by atoms with Gasteiger partial charge in [0.25, 0.3) is 0 Å². The van der Waals surface area contributed by atoms with E-state index in [2.05, 4.69) is 25.4 Å². The summed E-state index contributed by atoms with van der Waals surface area (Å²) in [5.74, 6) is -0.624. The van der Waals surface area contributed by atoms with Gasteiger partial charge in [0.1, 0.15) is 6.04 Å². The molecule has 206 valence electrons. The Morgan fingerprint density at radius 3 is 1.54 bits per heavy atom. The molecule has 0 saturated heterocycles. The molecule has 9 nitrogen and oxygen atoms in total. The Balaban J connectivity index is 0.000000226. The Hall–Kier alpha value is -5.49. The summed E-state index contributed by atoms with van der Waals surface area (Å²) in [6, 6.07) is 37.4. The largest absolute Gasteiger partial charge is 0.361 e. The van der Waals surface area contributed by atoms with Crippen LogP contribution in [0.15, 0.2) is 126 Å². The van der Waals surface area contributed by atoms with Crippen LogP contribution in [0.4, 0.5) is 0 Å². The van der Waals surface area contributed by atoms with Crippen LogP contribution in [0.5, 0.6) is 0 Å². The van der Waals surface area contributed by atoms with Crippen LogP contribution in [0.25, 0.3) is 16.0 Å². The fourth-order valence-electron chi connectivity index (χ4n) is 3.82. The van der Waals surface area contributed by atoms with Crippen LogP contribution in [0.1, 0.15) is 22.3 Å². The lowest BCUT2D eigenvalue weighted by Crippen LogP contribution is -2.34. The van der Waals surface area contributed by atoms with Crippen molar-refractivity contribution in [1.82, 2.24) is 10.6 Å². The smallest absolute Gasteiger partial charge is 0.360 e. The summed E-state index contributed by atoms with van der Waals surface area (Å²) in [6.45, 7) is 0.833.